The Kier molecular flexibility index (Phi) is 2.99. The molecule has 2 rings (SSSR count). The fourth-order valence-electron chi connectivity index (χ4n) is 1.86. The van der Waals surface area contributed by atoms with Crippen LogP contribution in [0.15, 0.2) is 24.3 Å². The molecular weight excluding hydrogens is 220 g/mol. The van der Waals surface area contributed by atoms with Crippen molar-refractivity contribution in [2.24, 2.45) is 0 Å². The van der Waals surface area contributed by atoms with Crippen LogP contribution in [0.25, 0.3) is 0 Å². The van der Waals surface area contributed by atoms with Crippen LogP contribution in [0.3, 0.4) is 0 Å². The van der Waals surface area contributed by atoms with E-state index in [4.69, 9.17) is 0 Å². The molecule has 1 aromatic rings. The van der Waals surface area contributed by atoms with Gasteiger partial charge in [0.2, 0.25) is 5.91 Å². The summed E-state index contributed by atoms with van der Waals surface area (Å²) in [5.74, 6) is -0.335. The zero-order chi connectivity index (χ0) is 12.4. The molecule has 0 spiro atoms. The number of piperazine rings is 1. The molecule has 2 N–H and O–H groups in total. The highest BCUT2D eigenvalue weighted by atomic mass is 16.3. The Morgan fingerprint density at radius 2 is 2.29 bits per heavy atom. The first-order chi connectivity index (χ1) is 8.09. The number of phenols is 1. The van der Waals surface area contributed by atoms with Gasteiger partial charge < -0.3 is 15.3 Å². The van der Waals surface area contributed by atoms with Gasteiger partial charge in [-0.25, -0.2) is 0 Å². The third-order valence-corrected chi connectivity index (χ3v) is 2.85. The van der Waals surface area contributed by atoms with Gasteiger partial charge in [-0.05, 0) is 25.1 Å². The lowest BCUT2D eigenvalue weighted by Gasteiger charge is -2.32. The Bertz CT molecular complexity index is 459. The maximum atomic E-state index is 12.1. The minimum atomic E-state index is -0.474. The second kappa shape index (κ2) is 4.45. The minimum absolute atomic E-state index is 0.0463. The fourth-order valence-corrected chi connectivity index (χ4v) is 1.86. The van der Waals surface area contributed by atoms with Crippen LogP contribution in [-0.2, 0) is 4.79 Å². The van der Waals surface area contributed by atoms with Gasteiger partial charge in [-0.15, -0.1) is 0 Å². The summed E-state index contributed by atoms with van der Waals surface area (Å²) in [6.07, 6.45) is 0. The Labute approximate surface area is 99.0 Å². The van der Waals surface area contributed by atoms with E-state index >= 15 is 0 Å². The average Bonchev–Trinajstić information content (AvgIpc) is 2.32. The maximum Gasteiger partial charge on any atom is 0.254 e. The number of amides is 2. The van der Waals surface area contributed by atoms with Gasteiger partial charge in [-0.2, -0.15) is 0 Å². The van der Waals surface area contributed by atoms with E-state index in [1.165, 1.54) is 17.0 Å². The molecule has 0 aliphatic carbocycles. The standard InChI is InChI=1S/C12H14N2O3/c1-8-11(16)13-5-6-14(8)12(17)9-3-2-4-10(15)7-9/h2-4,7-8,15H,5-6H2,1H3,(H,13,16). The monoisotopic (exact) mass is 234 g/mol. The van der Waals surface area contributed by atoms with E-state index in [0.717, 1.165) is 0 Å². The molecule has 1 aliphatic heterocycles. The minimum Gasteiger partial charge on any atom is -0.508 e. The van der Waals surface area contributed by atoms with Crippen molar-refractivity contribution < 1.29 is 14.7 Å². The third kappa shape index (κ3) is 2.22. The van der Waals surface area contributed by atoms with Crippen LogP contribution < -0.4 is 5.32 Å². The highest BCUT2D eigenvalue weighted by Gasteiger charge is 2.29. The molecule has 90 valence electrons. The molecule has 1 saturated heterocycles. The van der Waals surface area contributed by atoms with Crippen LogP contribution in [0.2, 0.25) is 0 Å². The van der Waals surface area contributed by atoms with E-state index in [1.807, 2.05) is 0 Å². The predicted octanol–water partition coefficient (Wildman–Crippen LogP) is 0.353. The van der Waals surface area contributed by atoms with E-state index in [-0.39, 0.29) is 17.6 Å². The lowest BCUT2D eigenvalue weighted by molar-refractivity contribution is -0.127. The number of rotatable bonds is 1. The van der Waals surface area contributed by atoms with Gasteiger partial charge in [0.25, 0.3) is 5.91 Å². The largest absolute Gasteiger partial charge is 0.508 e. The molecule has 5 nitrogen and oxygen atoms in total. The molecule has 1 atom stereocenters. The number of hydrogen-bond acceptors (Lipinski definition) is 3. The number of nitrogens with zero attached hydrogens (tertiary/aromatic N) is 1. The van der Waals surface area contributed by atoms with E-state index in [1.54, 1.807) is 19.1 Å². The molecule has 1 aliphatic rings. The zero-order valence-electron chi connectivity index (χ0n) is 9.51. The second-order valence-electron chi connectivity index (χ2n) is 4.02. The smallest absolute Gasteiger partial charge is 0.254 e. The number of benzene rings is 1. The number of nitrogens with one attached hydrogen (secondary N) is 1. The Morgan fingerprint density at radius 3 is 3.00 bits per heavy atom. The van der Waals surface area contributed by atoms with Crippen LogP contribution in [0.1, 0.15) is 17.3 Å². The summed E-state index contributed by atoms with van der Waals surface area (Å²) < 4.78 is 0. The molecule has 1 unspecified atom stereocenters. The van der Waals surface area contributed by atoms with Crippen molar-refractivity contribution in [3.63, 3.8) is 0 Å². The van der Waals surface area contributed by atoms with Crippen LogP contribution in [0.4, 0.5) is 0 Å². The average molecular weight is 234 g/mol. The van der Waals surface area contributed by atoms with Crippen molar-refractivity contribution in [2.45, 2.75) is 13.0 Å². The first kappa shape index (κ1) is 11.4. The molecule has 1 aromatic carbocycles. The van der Waals surface area contributed by atoms with E-state index in [9.17, 15) is 14.7 Å². The topological polar surface area (TPSA) is 69.6 Å². The van der Waals surface area contributed by atoms with Gasteiger partial charge in [0.15, 0.2) is 0 Å². The summed E-state index contributed by atoms with van der Waals surface area (Å²) in [4.78, 5) is 25.1. The molecular formula is C12H14N2O3. The van der Waals surface area contributed by atoms with Gasteiger partial charge in [0, 0.05) is 18.7 Å². The quantitative estimate of drug-likeness (QED) is 0.736. The SMILES string of the molecule is CC1C(=O)NCCN1C(=O)c1cccc(O)c1. The molecule has 1 heterocycles. The first-order valence-electron chi connectivity index (χ1n) is 5.47. The summed E-state index contributed by atoms with van der Waals surface area (Å²) in [5.41, 5.74) is 0.395. The first-order valence-corrected chi connectivity index (χ1v) is 5.47. The molecule has 0 bridgehead atoms. The van der Waals surface area contributed by atoms with Crippen molar-refractivity contribution >= 4 is 11.8 Å². The van der Waals surface area contributed by atoms with Gasteiger partial charge in [0.05, 0.1) is 0 Å². The number of carbonyl (C=O) groups is 2. The Hall–Kier alpha value is -2.04. The second-order valence-corrected chi connectivity index (χ2v) is 4.02. The van der Waals surface area contributed by atoms with E-state index in [2.05, 4.69) is 5.32 Å². The number of aromatic hydroxyl groups is 1. The molecule has 1 fully saturated rings. The van der Waals surface area contributed by atoms with Crippen LogP contribution >= 0.6 is 0 Å². The van der Waals surface area contributed by atoms with Crippen LogP contribution in [-0.4, -0.2) is 41.0 Å². The van der Waals surface area contributed by atoms with Crippen molar-refractivity contribution in [2.75, 3.05) is 13.1 Å². The van der Waals surface area contributed by atoms with Crippen molar-refractivity contribution in [1.82, 2.24) is 10.2 Å². The summed E-state index contributed by atoms with van der Waals surface area (Å²) in [7, 11) is 0. The number of carbonyl (C=O) groups excluding carboxylic acids is 2. The lowest BCUT2D eigenvalue weighted by atomic mass is 10.1. The van der Waals surface area contributed by atoms with Gasteiger partial charge >= 0.3 is 0 Å². The predicted molar refractivity (Wildman–Crippen MR) is 61.6 cm³/mol. The molecule has 17 heavy (non-hydrogen) atoms. The number of hydrogen-bond donors (Lipinski definition) is 2. The lowest BCUT2D eigenvalue weighted by Crippen LogP contribution is -2.55. The number of phenolic OH excluding ortho intramolecular Hbond substituents is 1. The fraction of sp³-hybridized carbons (Fsp3) is 0.333. The highest BCUT2D eigenvalue weighted by molar-refractivity contribution is 5.98. The van der Waals surface area contributed by atoms with Gasteiger partial charge in [0.1, 0.15) is 11.8 Å². The molecule has 5 heteroatoms. The summed E-state index contributed by atoms with van der Waals surface area (Å²) >= 11 is 0. The van der Waals surface area contributed by atoms with Crippen molar-refractivity contribution in [3.8, 4) is 5.75 Å². The third-order valence-electron chi connectivity index (χ3n) is 2.85. The molecule has 2 amide bonds. The van der Waals surface area contributed by atoms with E-state index in [0.29, 0.717) is 18.7 Å². The highest BCUT2D eigenvalue weighted by Crippen LogP contribution is 2.15. The van der Waals surface area contributed by atoms with Gasteiger partial charge in [-0.1, -0.05) is 6.07 Å². The van der Waals surface area contributed by atoms with Crippen molar-refractivity contribution in [3.05, 3.63) is 29.8 Å². The van der Waals surface area contributed by atoms with Crippen LogP contribution in [0, 0.1) is 0 Å². The normalized spacial score (nSPS) is 19.9. The Balaban J connectivity index is 2.22. The van der Waals surface area contributed by atoms with Crippen LogP contribution in [0.5, 0.6) is 5.75 Å². The van der Waals surface area contributed by atoms with Gasteiger partial charge in [-0.3, -0.25) is 9.59 Å². The zero-order valence-corrected chi connectivity index (χ0v) is 9.51. The summed E-state index contributed by atoms with van der Waals surface area (Å²) in [6, 6.07) is 5.67. The molecule has 0 aromatic heterocycles. The van der Waals surface area contributed by atoms with E-state index < -0.39 is 6.04 Å². The molecule has 0 saturated carbocycles. The summed E-state index contributed by atoms with van der Waals surface area (Å²) in [6.45, 7) is 2.64. The Morgan fingerprint density at radius 1 is 1.53 bits per heavy atom. The maximum absolute atomic E-state index is 12.1. The molecule has 0 radical (unpaired) electrons. The summed E-state index contributed by atoms with van der Waals surface area (Å²) in [5, 5.41) is 12.0. The van der Waals surface area contributed by atoms with Crippen molar-refractivity contribution in [1.29, 1.82) is 0 Å².